The molecule has 1 fully saturated rings. The van der Waals surface area contributed by atoms with Crippen molar-refractivity contribution in [1.29, 1.82) is 0 Å². The second kappa shape index (κ2) is 9.00. The Bertz CT molecular complexity index is 143. The highest BCUT2D eigenvalue weighted by Crippen LogP contribution is 2.34. The number of aliphatic hydroxyl groups excluding tert-OH is 2. The average molecular weight is 228 g/mol. The average Bonchev–Trinajstić information content (AvgIpc) is 2.30. The van der Waals surface area contributed by atoms with Crippen LogP contribution in [0.4, 0.5) is 0 Å². The second-order valence-electron chi connectivity index (χ2n) is 5.34. The van der Waals surface area contributed by atoms with Crippen LogP contribution in [0, 0.1) is 11.8 Å². The Labute approximate surface area is 100 Å². The molecule has 96 valence electrons. The molecule has 16 heavy (non-hydrogen) atoms. The molecule has 2 N–H and O–H groups in total. The summed E-state index contributed by atoms with van der Waals surface area (Å²) in [4.78, 5) is 0. The van der Waals surface area contributed by atoms with Gasteiger partial charge in [0.2, 0.25) is 0 Å². The van der Waals surface area contributed by atoms with E-state index in [1.807, 2.05) is 0 Å². The summed E-state index contributed by atoms with van der Waals surface area (Å²) in [7, 11) is 0. The number of rotatable bonds is 8. The predicted octanol–water partition coefficient (Wildman–Crippen LogP) is 3.12. The summed E-state index contributed by atoms with van der Waals surface area (Å²) in [6.07, 6.45) is 12.6. The maximum Gasteiger partial charge on any atom is 0.0431 e. The number of hydrogen-bond acceptors (Lipinski definition) is 2. The Hall–Kier alpha value is -0.0800. The molecule has 1 aliphatic carbocycles. The molecule has 0 heterocycles. The molecule has 0 aromatic heterocycles. The van der Waals surface area contributed by atoms with Gasteiger partial charge in [-0.3, -0.25) is 0 Å². The van der Waals surface area contributed by atoms with Gasteiger partial charge in [0.15, 0.2) is 0 Å². The number of unbranched alkanes of at least 4 members (excludes halogenated alkanes) is 2. The molecule has 0 aliphatic heterocycles. The Balaban J connectivity index is 2.09. The van der Waals surface area contributed by atoms with Crippen molar-refractivity contribution in [3.63, 3.8) is 0 Å². The summed E-state index contributed by atoms with van der Waals surface area (Å²) in [6.45, 7) is 0.708. The van der Waals surface area contributed by atoms with E-state index in [4.69, 9.17) is 10.2 Å². The van der Waals surface area contributed by atoms with Gasteiger partial charge in [-0.05, 0) is 31.1 Å². The third kappa shape index (κ3) is 5.86. The summed E-state index contributed by atoms with van der Waals surface area (Å²) < 4.78 is 0. The molecular weight excluding hydrogens is 200 g/mol. The van der Waals surface area contributed by atoms with E-state index in [2.05, 4.69) is 0 Å². The van der Waals surface area contributed by atoms with Gasteiger partial charge in [-0.2, -0.15) is 0 Å². The molecule has 1 aliphatic rings. The molecule has 0 aromatic rings. The molecule has 0 amide bonds. The fourth-order valence-electron chi connectivity index (χ4n) is 3.02. The van der Waals surface area contributed by atoms with Gasteiger partial charge in [-0.15, -0.1) is 0 Å². The molecule has 0 spiro atoms. The summed E-state index contributed by atoms with van der Waals surface area (Å²) in [5.41, 5.74) is 0. The van der Waals surface area contributed by atoms with Crippen LogP contribution in [0.25, 0.3) is 0 Å². The molecule has 2 unspecified atom stereocenters. The van der Waals surface area contributed by atoms with Crippen molar-refractivity contribution < 1.29 is 10.2 Å². The molecule has 1 rings (SSSR count). The molecule has 0 radical (unpaired) electrons. The maximum atomic E-state index is 8.77. The molecule has 2 atom stereocenters. The summed E-state index contributed by atoms with van der Waals surface area (Å²) in [6, 6.07) is 0. The monoisotopic (exact) mass is 228 g/mol. The molecule has 2 nitrogen and oxygen atoms in total. The van der Waals surface area contributed by atoms with Crippen LogP contribution >= 0.6 is 0 Å². The first-order valence-electron chi connectivity index (χ1n) is 7.08. The van der Waals surface area contributed by atoms with Gasteiger partial charge in [-0.25, -0.2) is 0 Å². The van der Waals surface area contributed by atoms with E-state index in [1.54, 1.807) is 0 Å². The van der Waals surface area contributed by atoms with Gasteiger partial charge in [-0.1, -0.05) is 44.9 Å². The van der Waals surface area contributed by atoms with E-state index in [-0.39, 0.29) is 0 Å². The van der Waals surface area contributed by atoms with E-state index in [0.29, 0.717) is 13.2 Å². The zero-order valence-corrected chi connectivity index (χ0v) is 10.5. The van der Waals surface area contributed by atoms with Crippen molar-refractivity contribution in [3.05, 3.63) is 0 Å². The van der Waals surface area contributed by atoms with Crippen LogP contribution in [0.5, 0.6) is 0 Å². The molecule has 2 heteroatoms. The maximum absolute atomic E-state index is 8.77. The minimum atomic E-state index is 0.354. The van der Waals surface area contributed by atoms with Gasteiger partial charge in [0.25, 0.3) is 0 Å². The lowest BCUT2D eigenvalue weighted by Gasteiger charge is -2.29. The summed E-state index contributed by atoms with van der Waals surface area (Å²) >= 11 is 0. The number of hydrogen-bond donors (Lipinski definition) is 2. The SMILES string of the molecule is OCCCCC1CCCC(CCCCO)C1. The minimum absolute atomic E-state index is 0.354. The van der Waals surface area contributed by atoms with E-state index in [9.17, 15) is 0 Å². The highest BCUT2D eigenvalue weighted by atomic mass is 16.3. The normalized spacial score (nSPS) is 25.9. The van der Waals surface area contributed by atoms with Crippen molar-refractivity contribution in [3.8, 4) is 0 Å². The lowest BCUT2D eigenvalue weighted by atomic mass is 9.77. The van der Waals surface area contributed by atoms with Crippen LogP contribution in [0.3, 0.4) is 0 Å². The fraction of sp³-hybridized carbons (Fsp3) is 1.00. The first-order chi connectivity index (χ1) is 7.86. The van der Waals surface area contributed by atoms with Crippen molar-refractivity contribution in [2.24, 2.45) is 11.8 Å². The third-order valence-corrected chi connectivity index (χ3v) is 3.93. The van der Waals surface area contributed by atoms with E-state index < -0.39 is 0 Å². The van der Waals surface area contributed by atoms with Crippen LogP contribution in [0.1, 0.15) is 64.2 Å². The highest BCUT2D eigenvalue weighted by molar-refractivity contribution is 4.73. The van der Waals surface area contributed by atoms with Crippen LogP contribution in [-0.2, 0) is 0 Å². The lowest BCUT2D eigenvalue weighted by molar-refractivity contribution is 0.219. The van der Waals surface area contributed by atoms with Crippen molar-refractivity contribution in [2.45, 2.75) is 64.2 Å². The first-order valence-corrected chi connectivity index (χ1v) is 7.08. The Morgan fingerprint density at radius 3 is 1.69 bits per heavy atom. The number of aliphatic hydroxyl groups is 2. The topological polar surface area (TPSA) is 40.5 Å². The summed E-state index contributed by atoms with van der Waals surface area (Å²) in [5, 5.41) is 17.5. The standard InChI is InChI=1S/C14H28O2/c15-10-3-1-6-13-8-5-9-14(12-13)7-2-4-11-16/h13-16H,1-12H2. The zero-order chi connectivity index (χ0) is 11.6. The van der Waals surface area contributed by atoms with Gasteiger partial charge in [0.1, 0.15) is 0 Å². The van der Waals surface area contributed by atoms with Gasteiger partial charge in [0, 0.05) is 13.2 Å². The molecule has 1 saturated carbocycles. The zero-order valence-electron chi connectivity index (χ0n) is 10.5. The Kier molecular flexibility index (Phi) is 7.87. The molecule has 0 aromatic carbocycles. The van der Waals surface area contributed by atoms with E-state index >= 15 is 0 Å². The molecule has 0 bridgehead atoms. The van der Waals surface area contributed by atoms with Crippen LogP contribution in [0.2, 0.25) is 0 Å². The molecule has 0 saturated heterocycles. The van der Waals surface area contributed by atoms with Gasteiger partial charge in [0.05, 0.1) is 0 Å². The Morgan fingerprint density at radius 2 is 1.25 bits per heavy atom. The fourth-order valence-corrected chi connectivity index (χ4v) is 3.02. The third-order valence-electron chi connectivity index (χ3n) is 3.93. The van der Waals surface area contributed by atoms with Gasteiger partial charge >= 0.3 is 0 Å². The predicted molar refractivity (Wildman–Crippen MR) is 67.3 cm³/mol. The van der Waals surface area contributed by atoms with Crippen molar-refractivity contribution in [1.82, 2.24) is 0 Å². The van der Waals surface area contributed by atoms with Gasteiger partial charge < -0.3 is 10.2 Å². The van der Waals surface area contributed by atoms with E-state index in [1.165, 1.54) is 51.4 Å². The minimum Gasteiger partial charge on any atom is -0.396 e. The van der Waals surface area contributed by atoms with Crippen molar-refractivity contribution in [2.75, 3.05) is 13.2 Å². The Morgan fingerprint density at radius 1 is 0.750 bits per heavy atom. The second-order valence-corrected chi connectivity index (χ2v) is 5.34. The largest absolute Gasteiger partial charge is 0.396 e. The van der Waals surface area contributed by atoms with Crippen LogP contribution in [-0.4, -0.2) is 23.4 Å². The van der Waals surface area contributed by atoms with Crippen LogP contribution < -0.4 is 0 Å². The smallest absolute Gasteiger partial charge is 0.0431 e. The molecular formula is C14H28O2. The lowest BCUT2D eigenvalue weighted by Crippen LogP contribution is -2.15. The highest BCUT2D eigenvalue weighted by Gasteiger charge is 2.20. The van der Waals surface area contributed by atoms with E-state index in [0.717, 1.165) is 24.7 Å². The first kappa shape index (κ1) is 14.0. The summed E-state index contributed by atoms with van der Waals surface area (Å²) in [5.74, 6) is 1.83. The van der Waals surface area contributed by atoms with Crippen LogP contribution in [0.15, 0.2) is 0 Å². The van der Waals surface area contributed by atoms with Crippen molar-refractivity contribution >= 4 is 0 Å². The quantitative estimate of drug-likeness (QED) is 0.627.